The number of hydrogen-bond donors (Lipinski definition) is 3. The standard InChI is InChI=1S/C69H133NO5/c1-3-5-7-9-11-13-15-17-19-21-30-33-37-41-45-49-53-57-61-67(72)66(65-71)70-68(73)62-58-54-50-46-42-38-34-31-28-26-24-22-23-25-27-29-32-36-40-44-48-52-56-60-64-75-69(74)63-59-55-51-47-43-39-35-20-18-16-14-12-10-8-6-4-2/h20,24,26,35,66-67,71-72H,3-19,21-23,25,27-34,36-65H2,1-2H3,(H,70,73)/b26-24-,35-20-. The Labute approximate surface area is 469 Å². The molecule has 0 aliphatic heterocycles. The van der Waals surface area contributed by atoms with Gasteiger partial charge < -0.3 is 20.3 Å². The zero-order chi connectivity index (χ0) is 54.3. The maximum Gasteiger partial charge on any atom is 0.305 e. The van der Waals surface area contributed by atoms with Gasteiger partial charge in [0.1, 0.15) is 0 Å². The second-order valence-corrected chi connectivity index (χ2v) is 23.5. The first kappa shape index (κ1) is 73.3. The number of carbonyl (C=O) groups excluding carboxylic acids is 2. The lowest BCUT2D eigenvalue weighted by Gasteiger charge is -2.22. The molecule has 0 aliphatic carbocycles. The molecule has 0 bridgehead atoms. The van der Waals surface area contributed by atoms with Crippen LogP contribution in [0, 0.1) is 0 Å². The summed E-state index contributed by atoms with van der Waals surface area (Å²) in [4.78, 5) is 24.6. The number of rotatable bonds is 64. The Morgan fingerprint density at radius 3 is 0.947 bits per heavy atom. The van der Waals surface area contributed by atoms with Gasteiger partial charge in [-0.2, -0.15) is 0 Å². The van der Waals surface area contributed by atoms with Crippen molar-refractivity contribution in [2.45, 2.75) is 392 Å². The number of nitrogens with one attached hydrogen (secondary N) is 1. The molecule has 0 aromatic carbocycles. The molecule has 2 atom stereocenters. The summed E-state index contributed by atoms with van der Waals surface area (Å²) >= 11 is 0. The molecule has 0 aromatic heterocycles. The lowest BCUT2D eigenvalue weighted by Crippen LogP contribution is -2.45. The highest BCUT2D eigenvalue weighted by molar-refractivity contribution is 5.76. The largest absolute Gasteiger partial charge is 0.466 e. The smallest absolute Gasteiger partial charge is 0.305 e. The van der Waals surface area contributed by atoms with Gasteiger partial charge in [-0.1, -0.05) is 314 Å². The molecular weight excluding hydrogens is 923 g/mol. The van der Waals surface area contributed by atoms with Crippen molar-refractivity contribution in [3.63, 3.8) is 0 Å². The normalized spacial score (nSPS) is 12.6. The lowest BCUT2D eigenvalue weighted by atomic mass is 10.0. The van der Waals surface area contributed by atoms with Gasteiger partial charge in [-0.25, -0.2) is 0 Å². The summed E-state index contributed by atoms with van der Waals surface area (Å²) in [5.41, 5.74) is 0. The summed E-state index contributed by atoms with van der Waals surface area (Å²) in [6.07, 6.45) is 80.6. The molecule has 0 aromatic rings. The van der Waals surface area contributed by atoms with Gasteiger partial charge in [0.05, 0.1) is 25.4 Å². The number of allylic oxidation sites excluding steroid dienone is 4. The highest BCUT2D eigenvalue weighted by Crippen LogP contribution is 2.18. The first-order valence-electron chi connectivity index (χ1n) is 34.1. The Morgan fingerprint density at radius 1 is 0.360 bits per heavy atom. The summed E-state index contributed by atoms with van der Waals surface area (Å²) < 4.78 is 5.49. The Morgan fingerprint density at radius 2 is 0.627 bits per heavy atom. The van der Waals surface area contributed by atoms with E-state index in [0.717, 1.165) is 44.9 Å². The average Bonchev–Trinajstić information content (AvgIpc) is 3.41. The number of esters is 1. The third-order valence-electron chi connectivity index (χ3n) is 16.0. The van der Waals surface area contributed by atoms with Crippen molar-refractivity contribution in [2.24, 2.45) is 0 Å². The third kappa shape index (κ3) is 61.4. The first-order valence-corrected chi connectivity index (χ1v) is 34.1. The fourth-order valence-electron chi connectivity index (χ4n) is 10.7. The quantitative estimate of drug-likeness (QED) is 0.0320. The summed E-state index contributed by atoms with van der Waals surface area (Å²) in [6.45, 7) is 4.98. The van der Waals surface area contributed by atoms with E-state index in [-0.39, 0.29) is 18.5 Å². The van der Waals surface area contributed by atoms with E-state index in [9.17, 15) is 19.8 Å². The number of ether oxygens (including phenoxy) is 1. The minimum Gasteiger partial charge on any atom is -0.466 e. The van der Waals surface area contributed by atoms with Crippen LogP contribution in [0.15, 0.2) is 24.3 Å². The topological polar surface area (TPSA) is 95.9 Å². The maximum absolute atomic E-state index is 12.5. The molecular formula is C69H133NO5. The molecule has 6 nitrogen and oxygen atoms in total. The van der Waals surface area contributed by atoms with E-state index in [1.165, 1.54) is 302 Å². The number of aliphatic hydroxyl groups excluding tert-OH is 2. The van der Waals surface area contributed by atoms with Crippen molar-refractivity contribution in [3.05, 3.63) is 24.3 Å². The van der Waals surface area contributed by atoms with Crippen molar-refractivity contribution in [1.82, 2.24) is 5.32 Å². The average molecular weight is 1060 g/mol. The maximum atomic E-state index is 12.5. The number of amides is 1. The molecule has 444 valence electrons. The van der Waals surface area contributed by atoms with Gasteiger partial charge in [-0.05, 0) is 77.0 Å². The number of aliphatic hydroxyl groups is 2. The molecule has 75 heavy (non-hydrogen) atoms. The Kier molecular flexibility index (Phi) is 63.4. The fraction of sp³-hybridized carbons (Fsp3) is 0.913. The highest BCUT2D eigenvalue weighted by Gasteiger charge is 2.20. The monoisotopic (exact) mass is 1060 g/mol. The first-order chi connectivity index (χ1) is 37.0. The fourth-order valence-corrected chi connectivity index (χ4v) is 10.7. The minimum atomic E-state index is -0.668. The van der Waals surface area contributed by atoms with E-state index in [4.69, 9.17) is 4.74 Å². The van der Waals surface area contributed by atoms with Crippen LogP contribution < -0.4 is 5.32 Å². The van der Waals surface area contributed by atoms with Gasteiger partial charge in [0.15, 0.2) is 0 Å². The predicted molar refractivity (Wildman–Crippen MR) is 329 cm³/mol. The van der Waals surface area contributed by atoms with Gasteiger partial charge >= 0.3 is 5.97 Å². The van der Waals surface area contributed by atoms with E-state index in [0.29, 0.717) is 25.9 Å². The Bertz CT molecular complexity index is 1170. The van der Waals surface area contributed by atoms with Crippen LogP contribution in [0.4, 0.5) is 0 Å². The molecule has 0 rings (SSSR count). The SMILES string of the molecule is CCCCCCCCC/C=C\CCCCCCCC(=O)OCCCCCCCCCCCCCC/C=C\CCCCCCCCCCC(=O)NC(CO)C(O)CCCCCCCCCCCCCCCCCCCC. The molecule has 0 saturated heterocycles. The summed E-state index contributed by atoms with van der Waals surface area (Å²) in [7, 11) is 0. The van der Waals surface area contributed by atoms with Crippen molar-refractivity contribution in [2.75, 3.05) is 13.2 Å². The van der Waals surface area contributed by atoms with Crippen LogP contribution in [-0.4, -0.2) is 47.4 Å². The second kappa shape index (κ2) is 64.9. The molecule has 0 saturated carbocycles. The van der Waals surface area contributed by atoms with Gasteiger partial charge in [0.2, 0.25) is 5.91 Å². The molecule has 3 N–H and O–H groups in total. The second-order valence-electron chi connectivity index (χ2n) is 23.5. The molecule has 0 aliphatic rings. The molecule has 0 spiro atoms. The molecule has 1 amide bonds. The molecule has 2 unspecified atom stereocenters. The van der Waals surface area contributed by atoms with Crippen molar-refractivity contribution in [1.29, 1.82) is 0 Å². The number of unbranched alkanes of at least 4 members (excludes halogenated alkanes) is 49. The summed E-state index contributed by atoms with van der Waals surface area (Å²) in [6, 6.07) is -0.545. The van der Waals surface area contributed by atoms with E-state index in [1.54, 1.807) is 0 Å². The van der Waals surface area contributed by atoms with Gasteiger partial charge in [0.25, 0.3) is 0 Å². The Balaban J connectivity index is 3.40. The molecule has 0 heterocycles. The van der Waals surface area contributed by atoms with Gasteiger partial charge in [-0.3, -0.25) is 9.59 Å². The minimum absolute atomic E-state index is 0.00588. The van der Waals surface area contributed by atoms with Crippen molar-refractivity contribution >= 4 is 11.9 Å². The van der Waals surface area contributed by atoms with Crippen LogP contribution in [0.3, 0.4) is 0 Å². The zero-order valence-corrected chi connectivity index (χ0v) is 50.8. The van der Waals surface area contributed by atoms with E-state index >= 15 is 0 Å². The zero-order valence-electron chi connectivity index (χ0n) is 50.8. The van der Waals surface area contributed by atoms with Crippen LogP contribution in [0.1, 0.15) is 380 Å². The molecule has 0 radical (unpaired) electrons. The van der Waals surface area contributed by atoms with Crippen molar-refractivity contribution in [3.8, 4) is 0 Å². The third-order valence-corrected chi connectivity index (χ3v) is 16.0. The number of carbonyl (C=O) groups is 2. The van der Waals surface area contributed by atoms with Crippen LogP contribution in [0.5, 0.6) is 0 Å². The summed E-state index contributed by atoms with van der Waals surface area (Å²) in [5, 5.41) is 23.4. The van der Waals surface area contributed by atoms with Crippen LogP contribution in [0.2, 0.25) is 0 Å². The highest BCUT2D eigenvalue weighted by atomic mass is 16.5. The predicted octanol–water partition coefficient (Wildman–Crippen LogP) is 21.8. The number of hydrogen-bond acceptors (Lipinski definition) is 5. The van der Waals surface area contributed by atoms with Gasteiger partial charge in [-0.15, -0.1) is 0 Å². The lowest BCUT2D eigenvalue weighted by molar-refractivity contribution is -0.143. The van der Waals surface area contributed by atoms with E-state index in [1.807, 2.05) is 0 Å². The van der Waals surface area contributed by atoms with Crippen LogP contribution in [-0.2, 0) is 14.3 Å². The van der Waals surface area contributed by atoms with E-state index < -0.39 is 12.1 Å². The van der Waals surface area contributed by atoms with Gasteiger partial charge in [0, 0.05) is 12.8 Å². The summed E-state index contributed by atoms with van der Waals surface area (Å²) in [5.74, 6) is -0.0303. The van der Waals surface area contributed by atoms with Crippen molar-refractivity contribution < 1.29 is 24.5 Å². The van der Waals surface area contributed by atoms with Crippen LogP contribution in [0.25, 0.3) is 0 Å². The molecule has 6 heteroatoms. The van der Waals surface area contributed by atoms with Crippen LogP contribution >= 0.6 is 0 Å². The molecule has 0 fully saturated rings. The van der Waals surface area contributed by atoms with E-state index in [2.05, 4.69) is 43.5 Å². The Hall–Kier alpha value is -1.66.